The Labute approximate surface area is 119 Å². The third-order valence-electron chi connectivity index (χ3n) is 3.18. The van der Waals surface area contributed by atoms with Crippen LogP contribution in [0.3, 0.4) is 0 Å². The van der Waals surface area contributed by atoms with Gasteiger partial charge in [0.1, 0.15) is 0 Å². The highest BCUT2D eigenvalue weighted by Gasteiger charge is 2.23. The summed E-state index contributed by atoms with van der Waals surface area (Å²) in [5.74, 6) is 2.03. The van der Waals surface area contributed by atoms with E-state index in [1.54, 1.807) is 4.31 Å². The van der Waals surface area contributed by atoms with Gasteiger partial charge in [-0.15, -0.1) is 0 Å². The zero-order valence-corrected chi connectivity index (χ0v) is 12.5. The predicted molar refractivity (Wildman–Crippen MR) is 80.5 cm³/mol. The van der Waals surface area contributed by atoms with E-state index in [-0.39, 0.29) is 5.75 Å². The Balaban J connectivity index is 2.06. The zero-order chi connectivity index (χ0) is 13.7. The molecule has 1 aliphatic rings. The number of nitrogens with two attached hydrogens (primary N) is 1. The quantitative estimate of drug-likeness (QED) is 0.913. The van der Waals surface area contributed by atoms with Crippen LogP contribution in [-0.2, 0) is 22.3 Å². The Bertz CT molecular complexity index is 492. The molecule has 2 rings (SSSR count). The monoisotopic (exact) mass is 300 g/mol. The smallest absolute Gasteiger partial charge is 0.218 e. The first-order valence-electron chi connectivity index (χ1n) is 6.45. The molecule has 0 spiro atoms. The molecule has 106 valence electrons. The first-order valence-corrected chi connectivity index (χ1v) is 9.21. The summed E-state index contributed by atoms with van der Waals surface area (Å²) in [6, 6.07) is 7.49. The minimum atomic E-state index is -3.19. The van der Waals surface area contributed by atoms with Crippen LogP contribution in [0.15, 0.2) is 24.3 Å². The lowest BCUT2D eigenvalue weighted by Gasteiger charge is -2.19. The molecule has 2 N–H and O–H groups in total. The van der Waals surface area contributed by atoms with E-state index < -0.39 is 10.0 Å². The summed E-state index contributed by atoms with van der Waals surface area (Å²) >= 11 is 1.83. The highest BCUT2D eigenvalue weighted by atomic mass is 32.2. The third-order valence-corrected chi connectivity index (χ3v) is 6.08. The molecule has 0 bridgehead atoms. The van der Waals surface area contributed by atoms with Crippen molar-refractivity contribution in [3.63, 3.8) is 0 Å². The molecule has 0 aliphatic carbocycles. The number of thioether (sulfide) groups is 1. The Morgan fingerprint density at radius 2 is 1.79 bits per heavy atom. The highest BCUT2D eigenvalue weighted by Crippen LogP contribution is 2.17. The van der Waals surface area contributed by atoms with E-state index in [0.717, 1.165) is 29.1 Å². The number of sulfonamides is 1. The Kier molecular flexibility index (Phi) is 5.27. The number of hydrogen-bond donors (Lipinski definition) is 1. The van der Waals surface area contributed by atoms with Crippen molar-refractivity contribution >= 4 is 21.8 Å². The number of benzene rings is 1. The van der Waals surface area contributed by atoms with Crippen molar-refractivity contribution in [2.75, 3.05) is 24.6 Å². The van der Waals surface area contributed by atoms with Gasteiger partial charge < -0.3 is 5.73 Å². The maximum atomic E-state index is 12.4. The van der Waals surface area contributed by atoms with E-state index in [4.69, 9.17) is 5.73 Å². The van der Waals surface area contributed by atoms with Crippen LogP contribution in [0.5, 0.6) is 0 Å². The Morgan fingerprint density at radius 3 is 2.47 bits per heavy atom. The lowest BCUT2D eigenvalue weighted by molar-refractivity contribution is 0.434. The molecule has 0 aromatic heterocycles. The minimum Gasteiger partial charge on any atom is -0.326 e. The molecular formula is C13H20N2O2S2. The van der Waals surface area contributed by atoms with Gasteiger partial charge in [0.25, 0.3) is 0 Å². The maximum Gasteiger partial charge on any atom is 0.218 e. The van der Waals surface area contributed by atoms with Gasteiger partial charge in [0.2, 0.25) is 10.0 Å². The normalized spacial score (nSPS) is 18.2. The summed E-state index contributed by atoms with van der Waals surface area (Å²) in [5.41, 5.74) is 7.38. The molecule has 6 heteroatoms. The largest absolute Gasteiger partial charge is 0.326 e. The van der Waals surface area contributed by atoms with Crippen LogP contribution in [0, 0.1) is 0 Å². The first kappa shape index (κ1) is 14.8. The van der Waals surface area contributed by atoms with Crippen molar-refractivity contribution < 1.29 is 8.42 Å². The van der Waals surface area contributed by atoms with Crippen LogP contribution in [0.25, 0.3) is 0 Å². The van der Waals surface area contributed by atoms with E-state index in [1.807, 2.05) is 36.0 Å². The second-order valence-corrected chi connectivity index (χ2v) is 7.84. The summed E-state index contributed by atoms with van der Waals surface area (Å²) in [5, 5.41) is 0. The summed E-state index contributed by atoms with van der Waals surface area (Å²) in [7, 11) is -3.19. The van der Waals surface area contributed by atoms with E-state index in [0.29, 0.717) is 19.6 Å². The molecule has 1 aromatic carbocycles. The van der Waals surface area contributed by atoms with E-state index in [1.165, 1.54) is 0 Å². The average molecular weight is 300 g/mol. The molecule has 19 heavy (non-hydrogen) atoms. The van der Waals surface area contributed by atoms with Gasteiger partial charge in [-0.3, -0.25) is 0 Å². The lowest BCUT2D eigenvalue weighted by Crippen LogP contribution is -2.33. The lowest BCUT2D eigenvalue weighted by atomic mass is 10.1. The molecule has 1 heterocycles. The van der Waals surface area contributed by atoms with E-state index in [2.05, 4.69) is 0 Å². The molecule has 0 radical (unpaired) electrons. The van der Waals surface area contributed by atoms with Crippen molar-refractivity contribution in [3.05, 3.63) is 35.4 Å². The van der Waals surface area contributed by atoms with E-state index >= 15 is 0 Å². The van der Waals surface area contributed by atoms with Crippen LogP contribution in [-0.4, -0.2) is 37.3 Å². The maximum absolute atomic E-state index is 12.4. The predicted octanol–water partition coefficient (Wildman–Crippen LogP) is 1.41. The van der Waals surface area contributed by atoms with Crippen LogP contribution in [0.1, 0.15) is 17.5 Å². The Hall–Kier alpha value is -0.560. The molecule has 1 saturated heterocycles. The van der Waals surface area contributed by atoms with Gasteiger partial charge >= 0.3 is 0 Å². The second kappa shape index (κ2) is 6.74. The Morgan fingerprint density at radius 1 is 1.11 bits per heavy atom. The fourth-order valence-corrected chi connectivity index (χ4v) is 4.65. The molecule has 0 unspecified atom stereocenters. The van der Waals surface area contributed by atoms with E-state index in [9.17, 15) is 8.42 Å². The van der Waals surface area contributed by atoms with Crippen LogP contribution in [0.2, 0.25) is 0 Å². The van der Waals surface area contributed by atoms with Crippen LogP contribution >= 0.6 is 11.8 Å². The molecule has 0 saturated carbocycles. The van der Waals surface area contributed by atoms with Gasteiger partial charge in [0.05, 0.1) is 5.75 Å². The molecule has 0 amide bonds. The second-order valence-electron chi connectivity index (χ2n) is 4.64. The first-order chi connectivity index (χ1) is 9.12. The van der Waals surface area contributed by atoms with Gasteiger partial charge in [-0.05, 0) is 23.3 Å². The summed E-state index contributed by atoms with van der Waals surface area (Å²) in [6.07, 6.45) is 0.940. The van der Waals surface area contributed by atoms with Gasteiger partial charge in [-0.25, -0.2) is 12.7 Å². The van der Waals surface area contributed by atoms with Crippen molar-refractivity contribution in [1.29, 1.82) is 0 Å². The summed E-state index contributed by atoms with van der Waals surface area (Å²) in [6.45, 7) is 1.76. The fraction of sp³-hybridized carbons (Fsp3) is 0.538. The average Bonchev–Trinajstić information content (AvgIpc) is 2.68. The van der Waals surface area contributed by atoms with Gasteiger partial charge in [-0.1, -0.05) is 24.3 Å². The molecule has 1 fully saturated rings. The summed E-state index contributed by atoms with van der Waals surface area (Å²) < 4.78 is 26.3. The molecule has 1 aromatic rings. The third kappa shape index (κ3) is 4.21. The standard InChI is InChI=1S/C13H20N2O2S2/c14-10-12-2-4-13(5-3-12)11-19(16,17)15-6-1-8-18-9-7-15/h2-5H,1,6-11,14H2. The minimum absolute atomic E-state index is 0.0858. The molecule has 0 atom stereocenters. The van der Waals surface area contributed by atoms with Crippen LogP contribution < -0.4 is 5.73 Å². The SMILES string of the molecule is NCc1ccc(CS(=O)(=O)N2CCCSCC2)cc1. The topological polar surface area (TPSA) is 63.4 Å². The van der Waals surface area contributed by atoms with Crippen LogP contribution in [0.4, 0.5) is 0 Å². The van der Waals surface area contributed by atoms with Crippen molar-refractivity contribution in [3.8, 4) is 0 Å². The highest BCUT2D eigenvalue weighted by molar-refractivity contribution is 7.99. The molecule has 4 nitrogen and oxygen atoms in total. The van der Waals surface area contributed by atoms with Gasteiger partial charge in [0, 0.05) is 25.4 Å². The zero-order valence-electron chi connectivity index (χ0n) is 10.9. The van der Waals surface area contributed by atoms with Gasteiger partial charge in [-0.2, -0.15) is 11.8 Å². The number of rotatable bonds is 4. The molecular weight excluding hydrogens is 280 g/mol. The fourth-order valence-electron chi connectivity index (χ4n) is 2.07. The number of nitrogens with zero attached hydrogens (tertiary/aromatic N) is 1. The van der Waals surface area contributed by atoms with Gasteiger partial charge in [0.15, 0.2) is 0 Å². The van der Waals surface area contributed by atoms with Crippen molar-refractivity contribution in [1.82, 2.24) is 4.31 Å². The van der Waals surface area contributed by atoms with Crippen molar-refractivity contribution in [2.45, 2.75) is 18.7 Å². The summed E-state index contributed by atoms with van der Waals surface area (Å²) in [4.78, 5) is 0. The molecule has 1 aliphatic heterocycles. The number of hydrogen-bond acceptors (Lipinski definition) is 4. The van der Waals surface area contributed by atoms with Crippen molar-refractivity contribution in [2.24, 2.45) is 5.73 Å².